The number of benzene rings is 1. The van der Waals surface area contributed by atoms with Gasteiger partial charge in [-0.05, 0) is 31.0 Å². The molecule has 0 fully saturated rings. The first-order chi connectivity index (χ1) is 11.8. The van der Waals surface area contributed by atoms with Gasteiger partial charge in [0.25, 0.3) is 5.91 Å². The Morgan fingerprint density at radius 3 is 2.48 bits per heavy atom. The molecule has 2 aromatic rings. The Hall–Kier alpha value is -0.930. The largest absolute Gasteiger partial charge is 0.300 e. The number of carbonyl (C=O) groups is 1. The second-order valence-corrected chi connectivity index (χ2v) is 9.41. The van der Waals surface area contributed by atoms with E-state index < -0.39 is 20.8 Å². The lowest BCUT2D eigenvalue weighted by atomic mass is 10.3. The number of nitrogens with one attached hydrogen (secondary N) is 1. The molecule has 0 aliphatic rings. The molecular weight excluding hydrogens is 405 g/mol. The van der Waals surface area contributed by atoms with Crippen LogP contribution in [0.25, 0.3) is 10.2 Å². The lowest BCUT2D eigenvalue weighted by Gasteiger charge is -2.20. The summed E-state index contributed by atoms with van der Waals surface area (Å²) in [7, 11) is -3.56. The molecule has 138 valence electrons. The highest BCUT2D eigenvalue weighted by Crippen LogP contribution is 2.29. The average molecular weight is 424 g/mol. The predicted molar refractivity (Wildman–Crippen MR) is 103 cm³/mol. The number of hydrogen-bond acceptors (Lipinski definition) is 5. The van der Waals surface area contributed by atoms with Crippen LogP contribution in [0.1, 0.15) is 26.7 Å². The van der Waals surface area contributed by atoms with Crippen LogP contribution in [-0.4, -0.2) is 41.5 Å². The van der Waals surface area contributed by atoms with Crippen molar-refractivity contribution in [2.45, 2.75) is 36.4 Å². The molecule has 0 saturated heterocycles. The van der Waals surface area contributed by atoms with Crippen LogP contribution in [0, 0.1) is 0 Å². The summed E-state index contributed by atoms with van der Waals surface area (Å²) in [5.41, 5.74) is 0.595. The van der Waals surface area contributed by atoms with Crippen LogP contribution in [-0.2, 0) is 14.8 Å². The zero-order chi connectivity index (χ0) is 18.6. The van der Waals surface area contributed by atoms with Crippen LogP contribution in [0.15, 0.2) is 23.1 Å². The zero-order valence-corrected chi connectivity index (χ0v) is 17.0. The number of rotatable bonds is 8. The van der Waals surface area contributed by atoms with E-state index >= 15 is 0 Å². The minimum Gasteiger partial charge on any atom is -0.300 e. The van der Waals surface area contributed by atoms with Crippen LogP contribution in [0.4, 0.5) is 5.13 Å². The summed E-state index contributed by atoms with van der Waals surface area (Å²) in [6.07, 6.45) is 1.49. The summed E-state index contributed by atoms with van der Waals surface area (Å²) < 4.78 is 27.8. The number of halogens is 2. The molecule has 0 radical (unpaired) electrons. The van der Waals surface area contributed by atoms with Crippen molar-refractivity contribution in [2.24, 2.45) is 0 Å². The zero-order valence-electron chi connectivity index (χ0n) is 13.8. The van der Waals surface area contributed by atoms with E-state index in [1.165, 1.54) is 21.7 Å². The smallest absolute Gasteiger partial charge is 0.259 e. The summed E-state index contributed by atoms with van der Waals surface area (Å²) in [6.45, 7) is 4.84. The van der Waals surface area contributed by atoms with Crippen molar-refractivity contribution in [2.75, 3.05) is 18.4 Å². The minimum absolute atomic E-state index is 0.219. The van der Waals surface area contributed by atoms with E-state index in [1.54, 1.807) is 12.1 Å². The van der Waals surface area contributed by atoms with Crippen LogP contribution >= 0.6 is 34.5 Å². The summed E-state index contributed by atoms with van der Waals surface area (Å²) in [5, 5.41) is 2.82. The van der Waals surface area contributed by atoms with Crippen molar-refractivity contribution in [3.05, 3.63) is 18.2 Å². The molecule has 10 heteroatoms. The Bertz CT molecular complexity index is 847. The number of thiazole rings is 1. The van der Waals surface area contributed by atoms with Crippen LogP contribution in [0.2, 0.25) is 0 Å². The van der Waals surface area contributed by atoms with Gasteiger partial charge in [0, 0.05) is 13.1 Å². The van der Waals surface area contributed by atoms with Crippen LogP contribution in [0.3, 0.4) is 0 Å². The number of carbonyl (C=O) groups excluding carboxylic acids is 1. The van der Waals surface area contributed by atoms with Gasteiger partial charge in [-0.15, -0.1) is 0 Å². The lowest BCUT2D eigenvalue weighted by molar-refractivity contribution is -0.114. The van der Waals surface area contributed by atoms with Gasteiger partial charge in [-0.1, -0.05) is 48.4 Å². The Morgan fingerprint density at radius 2 is 1.92 bits per heavy atom. The van der Waals surface area contributed by atoms with Crippen LogP contribution < -0.4 is 5.32 Å². The highest BCUT2D eigenvalue weighted by Gasteiger charge is 2.24. The number of anilines is 1. The van der Waals surface area contributed by atoms with Crippen molar-refractivity contribution in [1.82, 2.24) is 9.29 Å². The SMILES string of the molecule is CCCN(CCC)S(=O)(=O)c1ccc2nc(NC(=O)C(Cl)Cl)sc2c1. The number of alkyl halides is 2. The molecule has 2 rings (SSSR count). The fourth-order valence-corrected chi connectivity index (χ4v) is 5.02. The first kappa shape index (κ1) is 20.4. The van der Waals surface area contributed by atoms with Crippen molar-refractivity contribution >= 4 is 65.8 Å². The third-order valence-corrected chi connectivity index (χ3v) is 6.60. The summed E-state index contributed by atoms with van der Waals surface area (Å²) >= 11 is 12.2. The van der Waals surface area contributed by atoms with Gasteiger partial charge >= 0.3 is 0 Å². The van der Waals surface area contributed by atoms with E-state index in [0.29, 0.717) is 28.4 Å². The average Bonchev–Trinajstić information content (AvgIpc) is 2.95. The van der Waals surface area contributed by atoms with Crippen molar-refractivity contribution in [3.63, 3.8) is 0 Å². The molecule has 1 aromatic heterocycles. The van der Waals surface area contributed by atoms with Gasteiger partial charge in [0.05, 0.1) is 15.1 Å². The number of aromatic nitrogens is 1. The van der Waals surface area contributed by atoms with Gasteiger partial charge in [0.2, 0.25) is 10.0 Å². The molecule has 25 heavy (non-hydrogen) atoms. The molecule has 1 aromatic carbocycles. The first-order valence-electron chi connectivity index (χ1n) is 7.79. The second kappa shape index (κ2) is 8.64. The fraction of sp³-hybridized carbons (Fsp3) is 0.467. The molecule has 0 saturated carbocycles. The van der Waals surface area contributed by atoms with E-state index in [9.17, 15) is 13.2 Å². The maximum atomic E-state index is 12.8. The third-order valence-electron chi connectivity index (χ3n) is 3.37. The quantitative estimate of drug-likeness (QED) is 0.653. The lowest BCUT2D eigenvalue weighted by Crippen LogP contribution is -2.32. The second-order valence-electron chi connectivity index (χ2n) is 5.34. The molecule has 1 heterocycles. The number of sulfonamides is 1. The van der Waals surface area contributed by atoms with Gasteiger partial charge in [0.15, 0.2) is 9.97 Å². The molecule has 0 atom stereocenters. The van der Waals surface area contributed by atoms with E-state index in [1.807, 2.05) is 13.8 Å². The standard InChI is InChI=1S/C15H19Cl2N3O3S2/c1-3-7-20(8-4-2)25(22,23)10-5-6-11-12(9-10)24-15(18-11)19-14(21)13(16)17/h5-6,9,13H,3-4,7-8H2,1-2H3,(H,18,19,21). The highest BCUT2D eigenvalue weighted by atomic mass is 35.5. The summed E-state index contributed by atoms with van der Waals surface area (Å²) in [6, 6.07) is 4.74. The maximum absolute atomic E-state index is 12.8. The molecule has 0 unspecified atom stereocenters. The Labute approximate surface area is 161 Å². The molecular formula is C15H19Cl2N3O3S2. The van der Waals surface area contributed by atoms with Gasteiger partial charge in [0.1, 0.15) is 0 Å². The van der Waals surface area contributed by atoms with E-state index in [2.05, 4.69) is 10.3 Å². The van der Waals surface area contributed by atoms with Gasteiger partial charge < -0.3 is 0 Å². The normalized spacial score (nSPS) is 12.2. The molecule has 1 N–H and O–H groups in total. The minimum atomic E-state index is -3.56. The van der Waals surface area contributed by atoms with Crippen LogP contribution in [0.5, 0.6) is 0 Å². The van der Waals surface area contributed by atoms with Crippen molar-refractivity contribution < 1.29 is 13.2 Å². The molecule has 6 nitrogen and oxygen atoms in total. The van der Waals surface area contributed by atoms with Crippen molar-refractivity contribution in [1.29, 1.82) is 0 Å². The van der Waals surface area contributed by atoms with E-state index in [-0.39, 0.29) is 4.90 Å². The summed E-state index contributed by atoms with van der Waals surface area (Å²) in [4.78, 5) is 14.8. The van der Waals surface area contributed by atoms with Gasteiger partial charge in [-0.25, -0.2) is 13.4 Å². The molecule has 1 amide bonds. The Kier molecular flexibility index (Phi) is 7.04. The van der Waals surface area contributed by atoms with E-state index in [0.717, 1.165) is 12.8 Å². The molecule has 0 aliphatic carbocycles. The van der Waals surface area contributed by atoms with Crippen molar-refractivity contribution in [3.8, 4) is 0 Å². The van der Waals surface area contributed by atoms with E-state index in [4.69, 9.17) is 23.2 Å². The number of hydrogen-bond donors (Lipinski definition) is 1. The molecule has 0 aliphatic heterocycles. The molecule has 0 spiro atoms. The monoisotopic (exact) mass is 423 g/mol. The fourth-order valence-electron chi connectivity index (χ4n) is 2.28. The van der Waals surface area contributed by atoms with Gasteiger partial charge in [-0.3, -0.25) is 10.1 Å². The topological polar surface area (TPSA) is 79.4 Å². The number of amides is 1. The molecule has 0 bridgehead atoms. The maximum Gasteiger partial charge on any atom is 0.259 e. The van der Waals surface area contributed by atoms with Gasteiger partial charge in [-0.2, -0.15) is 4.31 Å². The Balaban J connectivity index is 2.35. The number of fused-ring (bicyclic) bond motifs is 1. The third kappa shape index (κ3) is 4.83. The highest BCUT2D eigenvalue weighted by molar-refractivity contribution is 7.89. The first-order valence-corrected chi connectivity index (χ1v) is 10.9. The summed E-state index contributed by atoms with van der Waals surface area (Å²) in [5.74, 6) is -0.577. The Morgan fingerprint density at radius 1 is 1.28 bits per heavy atom. The predicted octanol–water partition coefficient (Wildman–Crippen LogP) is 3.85. The number of nitrogens with zero attached hydrogens (tertiary/aromatic N) is 2.